The lowest BCUT2D eigenvalue weighted by Crippen LogP contribution is -2.37. The Morgan fingerprint density at radius 3 is 2.95 bits per heavy atom. The Morgan fingerprint density at radius 1 is 1.25 bits per heavy atom. The van der Waals surface area contributed by atoms with Gasteiger partial charge in [-0.2, -0.15) is 11.8 Å². The average Bonchev–Trinajstić information content (AvgIpc) is 2.52. The third kappa shape index (κ3) is 6.93. The van der Waals surface area contributed by atoms with E-state index in [0.29, 0.717) is 0 Å². The maximum absolute atomic E-state index is 5.35. The first kappa shape index (κ1) is 16.1. The molecule has 1 fully saturated rings. The summed E-state index contributed by atoms with van der Waals surface area (Å²) < 4.78 is 5.35. The van der Waals surface area contributed by atoms with Crippen LogP contribution < -0.4 is 5.32 Å². The number of hydrogen-bond donors (Lipinski definition) is 1. The van der Waals surface area contributed by atoms with Crippen molar-refractivity contribution in [3.05, 3.63) is 23.8 Å². The van der Waals surface area contributed by atoms with Crippen LogP contribution in [-0.4, -0.2) is 62.3 Å². The Labute approximate surface area is 127 Å². The third-order valence-corrected chi connectivity index (χ3v) is 4.81. The predicted molar refractivity (Wildman–Crippen MR) is 88.5 cm³/mol. The zero-order valence-electron chi connectivity index (χ0n) is 12.5. The van der Waals surface area contributed by atoms with E-state index >= 15 is 0 Å². The van der Waals surface area contributed by atoms with Crippen molar-refractivity contribution >= 4 is 11.8 Å². The van der Waals surface area contributed by atoms with Crippen LogP contribution in [0, 0.1) is 0 Å². The van der Waals surface area contributed by atoms with Crippen LogP contribution in [0.25, 0.3) is 0 Å². The van der Waals surface area contributed by atoms with Gasteiger partial charge in [-0.3, -0.25) is 4.90 Å². The van der Waals surface area contributed by atoms with Gasteiger partial charge in [-0.15, -0.1) is 0 Å². The standard InChI is InChI=1S/C16H28N2OS/c1-2-5-16(6-3-1)15-20-14-8-17-7-4-9-18-10-12-19-13-11-18/h1-2,5,17H,3-4,6-15H2. The lowest BCUT2D eigenvalue weighted by Gasteiger charge is -2.26. The fourth-order valence-electron chi connectivity index (χ4n) is 2.50. The maximum Gasteiger partial charge on any atom is 0.0594 e. The van der Waals surface area contributed by atoms with Crippen LogP contribution >= 0.6 is 11.8 Å². The molecule has 0 radical (unpaired) electrons. The summed E-state index contributed by atoms with van der Waals surface area (Å²) >= 11 is 2.05. The van der Waals surface area contributed by atoms with Gasteiger partial charge in [-0.1, -0.05) is 23.8 Å². The van der Waals surface area contributed by atoms with Crippen molar-refractivity contribution in [2.45, 2.75) is 19.3 Å². The minimum absolute atomic E-state index is 0.912. The van der Waals surface area contributed by atoms with Gasteiger partial charge in [0.15, 0.2) is 0 Å². The summed E-state index contributed by atoms with van der Waals surface area (Å²) in [6, 6.07) is 0. The number of rotatable bonds is 9. The van der Waals surface area contributed by atoms with E-state index in [0.717, 1.165) is 39.4 Å². The van der Waals surface area contributed by atoms with Crippen LogP contribution in [0.15, 0.2) is 23.8 Å². The molecule has 0 aromatic heterocycles. The summed E-state index contributed by atoms with van der Waals surface area (Å²) in [7, 11) is 0. The molecule has 2 aliphatic rings. The van der Waals surface area contributed by atoms with Crippen LogP contribution in [0.1, 0.15) is 19.3 Å². The highest BCUT2D eigenvalue weighted by molar-refractivity contribution is 7.99. The number of ether oxygens (including phenoxy) is 1. The van der Waals surface area contributed by atoms with Gasteiger partial charge in [-0.25, -0.2) is 0 Å². The average molecular weight is 296 g/mol. The molecule has 2 rings (SSSR count). The van der Waals surface area contributed by atoms with E-state index in [-0.39, 0.29) is 0 Å². The van der Waals surface area contributed by atoms with Crippen LogP contribution in [0.4, 0.5) is 0 Å². The molecule has 0 atom stereocenters. The molecule has 4 heteroatoms. The number of hydrogen-bond acceptors (Lipinski definition) is 4. The summed E-state index contributed by atoms with van der Waals surface area (Å²) in [5.74, 6) is 2.43. The van der Waals surface area contributed by atoms with Gasteiger partial charge in [0.25, 0.3) is 0 Å². The molecule has 1 aliphatic carbocycles. The second kappa shape index (κ2) is 10.4. The molecule has 0 aromatic rings. The van der Waals surface area contributed by atoms with Crippen LogP contribution in [-0.2, 0) is 4.74 Å². The number of morpholine rings is 1. The van der Waals surface area contributed by atoms with Gasteiger partial charge in [0.2, 0.25) is 0 Å². The second-order valence-corrected chi connectivity index (χ2v) is 6.51. The van der Waals surface area contributed by atoms with Gasteiger partial charge in [0.1, 0.15) is 0 Å². The monoisotopic (exact) mass is 296 g/mol. The lowest BCUT2D eigenvalue weighted by molar-refractivity contribution is 0.0375. The summed E-state index contributed by atoms with van der Waals surface area (Å²) in [5, 5.41) is 3.55. The smallest absolute Gasteiger partial charge is 0.0594 e. The summed E-state index contributed by atoms with van der Waals surface area (Å²) in [6.07, 6.45) is 10.5. The van der Waals surface area contributed by atoms with Crippen molar-refractivity contribution in [2.24, 2.45) is 0 Å². The molecule has 114 valence electrons. The highest BCUT2D eigenvalue weighted by atomic mass is 32.2. The van der Waals surface area contributed by atoms with Gasteiger partial charge in [0.05, 0.1) is 13.2 Å². The Kier molecular flexibility index (Phi) is 8.40. The van der Waals surface area contributed by atoms with E-state index in [1.807, 2.05) is 0 Å². The molecule has 1 N–H and O–H groups in total. The first-order valence-corrected chi connectivity index (χ1v) is 9.04. The number of nitrogens with one attached hydrogen (secondary N) is 1. The maximum atomic E-state index is 5.35. The molecule has 0 bridgehead atoms. The first-order valence-electron chi connectivity index (χ1n) is 7.88. The number of allylic oxidation sites excluding steroid dienone is 3. The van der Waals surface area contributed by atoms with Gasteiger partial charge in [0, 0.05) is 31.1 Å². The van der Waals surface area contributed by atoms with Crippen LogP contribution in [0.2, 0.25) is 0 Å². The second-order valence-electron chi connectivity index (χ2n) is 5.40. The van der Waals surface area contributed by atoms with Crippen molar-refractivity contribution in [3.63, 3.8) is 0 Å². The molecule has 0 unspecified atom stereocenters. The normalized spacial score (nSPS) is 20.1. The molecule has 0 amide bonds. The predicted octanol–water partition coefficient (Wildman–Crippen LogP) is 2.31. The Bertz CT molecular complexity index is 312. The van der Waals surface area contributed by atoms with Crippen molar-refractivity contribution in [1.29, 1.82) is 0 Å². The van der Waals surface area contributed by atoms with Crippen LogP contribution in [0.3, 0.4) is 0 Å². The summed E-state index contributed by atoms with van der Waals surface area (Å²) in [6.45, 7) is 7.53. The van der Waals surface area contributed by atoms with E-state index in [4.69, 9.17) is 4.74 Å². The number of thioether (sulfide) groups is 1. The van der Waals surface area contributed by atoms with Crippen molar-refractivity contribution < 1.29 is 4.74 Å². The van der Waals surface area contributed by atoms with Crippen molar-refractivity contribution in [2.75, 3.05) is 57.4 Å². The highest BCUT2D eigenvalue weighted by Crippen LogP contribution is 2.16. The SMILES string of the molecule is C1=CCCC(CSCCNCCCN2CCOCC2)=C1. The van der Waals surface area contributed by atoms with Crippen LogP contribution in [0.5, 0.6) is 0 Å². The topological polar surface area (TPSA) is 24.5 Å². The molecule has 0 spiro atoms. The van der Waals surface area contributed by atoms with E-state index in [2.05, 4.69) is 40.2 Å². The van der Waals surface area contributed by atoms with Gasteiger partial charge < -0.3 is 10.1 Å². The first-order chi connectivity index (χ1) is 9.95. The zero-order valence-corrected chi connectivity index (χ0v) is 13.3. The molecular weight excluding hydrogens is 268 g/mol. The molecule has 20 heavy (non-hydrogen) atoms. The molecule has 1 saturated heterocycles. The van der Waals surface area contributed by atoms with E-state index in [1.165, 1.54) is 37.3 Å². The summed E-state index contributed by atoms with van der Waals surface area (Å²) in [5.41, 5.74) is 1.60. The van der Waals surface area contributed by atoms with Crippen molar-refractivity contribution in [3.8, 4) is 0 Å². The summed E-state index contributed by atoms with van der Waals surface area (Å²) in [4.78, 5) is 2.50. The van der Waals surface area contributed by atoms with E-state index in [1.54, 1.807) is 5.57 Å². The largest absolute Gasteiger partial charge is 0.379 e. The fourth-order valence-corrected chi connectivity index (χ4v) is 3.43. The fraction of sp³-hybridized carbons (Fsp3) is 0.750. The minimum Gasteiger partial charge on any atom is -0.379 e. The Balaban J connectivity index is 1.36. The lowest BCUT2D eigenvalue weighted by atomic mass is 10.1. The molecule has 3 nitrogen and oxygen atoms in total. The molecule has 0 aromatic carbocycles. The van der Waals surface area contributed by atoms with E-state index in [9.17, 15) is 0 Å². The van der Waals surface area contributed by atoms with Crippen molar-refractivity contribution in [1.82, 2.24) is 10.2 Å². The quantitative estimate of drug-likeness (QED) is 0.660. The number of nitrogens with zero attached hydrogens (tertiary/aromatic N) is 1. The third-order valence-electron chi connectivity index (χ3n) is 3.74. The van der Waals surface area contributed by atoms with Gasteiger partial charge >= 0.3 is 0 Å². The Morgan fingerprint density at radius 2 is 2.15 bits per heavy atom. The molecule has 0 saturated carbocycles. The Hall–Kier alpha value is -0.290. The molecular formula is C16H28N2OS. The highest BCUT2D eigenvalue weighted by Gasteiger charge is 2.08. The molecule has 1 heterocycles. The minimum atomic E-state index is 0.912. The zero-order chi connectivity index (χ0) is 13.9. The molecule has 1 aliphatic heterocycles. The van der Waals surface area contributed by atoms with Gasteiger partial charge in [-0.05, 0) is 32.4 Å². The van der Waals surface area contributed by atoms with E-state index < -0.39 is 0 Å².